The molecule has 2 amide bonds. The number of carbonyl (C=O) groups excluding carboxylic acids is 3. The summed E-state index contributed by atoms with van der Waals surface area (Å²) >= 11 is 0. The summed E-state index contributed by atoms with van der Waals surface area (Å²) in [6.45, 7) is 1.89. The van der Waals surface area contributed by atoms with E-state index in [0.29, 0.717) is 27.8 Å². The molecule has 3 aromatic rings. The number of amides is 2. The quantitative estimate of drug-likeness (QED) is 0.615. The number of aryl methyl sites for hydroxylation is 1. The third kappa shape index (κ3) is 3.19. The number of hydrogen-bond donors (Lipinski definition) is 0. The molecule has 1 aliphatic carbocycles. The third-order valence-electron chi connectivity index (χ3n) is 6.45. The number of benzene rings is 2. The fourth-order valence-corrected chi connectivity index (χ4v) is 4.85. The van der Waals surface area contributed by atoms with E-state index in [0.717, 1.165) is 31.2 Å². The molecule has 0 unspecified atom stereocenters. The Labute approximate surface area is 179 Å². The summed E-state index contributed by atoms with van der Waals surface area (Å²) in [6.07, 6.45) is 3.52. The summed E-state index contributed by atoms with van der Waals surface area (Å²) in [5, 5.41) is 12.3. The molecule has 2 fully saturated rings. The van der Waals surface area contributed by atoms with Gasteiger partial charge in [0.05, 0.1) is 34.7 Å². The number of carboxylic acid groups (broad SMARTS) is 1. The maximum atomic E-state index is 12.8. The highest BCUT2D eigenvalue weighted by Crippen LogP contribution is 2.40. The van der Waals surface area contributed by atoms with Gasteiger partial charge in [0.2, 0.25) is 11.8 Å². The lowest BCUT2D eigenvalue weighted by Gasteiger charge is -2.19. The van der Waals surface area contributed by atoms with Crippen LogP contribution in [0.5, 0.6) is 0 Å². The van der Waals surface area contributed by atoms with E-state index in [4.69, 9.17) is 0 Å². The zero-order valence-corrected chi connectivity index (χ0v) is 17.1. The number of carbonyl (C=O) groups is 3. The van der Waals surface area contributed by atoms with Crippen molar-refractivity contribution in [2.75, 3.05) is 4.90 Å². The molecule has 2 aromatic carbocycles. The molecule has 2 atom stereocenters. The first-order valence-electron chi connectivity index (χ1n) is 10.5. The first-order chi connectivity index (χ1) is 14.9. The molecule has 1 aromatic heterocycles. The number of hydrogen-bond acceptors (Lipinski definition) is 5. The number of fused-ring (bicyclic) bond motifs is 2. The molecule has 156 valence electrons. The smallest absolute Gasteiger partial charge is 0.237 e. The predicted octanol–water partition coefficient (Wildman–Crippen LogP) is 3.25. The Hall–Kier alpha value is -3.54. The number of carboxylic acids is 1. The van der Waals surface area contributed by atoms with Crippen LogP contribution < -0.4 is 10.0 Å². The van der Waals surface area contributed by atoms with Gasteiger partial charge >= 0.3 is 0 Å². The summed E-state index contributed by atoms with van der Waals surface area (Å²) in [5.74, 6) is -1.87. The zero-order chi connectivity index (χ0) is 21.7. The molecule has 2 heterocycles. The molecule has 0 N–H and O–H groups in total. The molecule has 1 saturated heterocycles. The number of anilines is 1. The minimum atomic E-state index is -1.26. The van der Waals surface area contributed by atoms with Gasteiger partial charge in [0.1, 0.15) is 0 Å². The van der Waals surface area contributed by atoms with Crippen LogP contribution in [0.1, 0.15) is 41.6 Å². The van der Waals surface area contributed by atoms with Gasteiger partial charge in [-0.05, 0) is 50.1 Å². The highest BCUT2D eigenvalue weighted by molar-refractivity contribution is 6.22. The number of aromatic carboxylic acids is 1. The van der Waals surface area contributed by atoms with Crippen molar-refractivity contribution in [2.24, 2.45) is 11.8 Å². The number of rotatable bonds is 3. The Morgan fingerprint density at radius 1 is 0.968 bits per heavy atom. The lowest BCUT2D eigenvalue weighted by Crippen LogP contribution is -2.30. The summed E-state index contributed by atoms with van der Waals surface area (Å²) in [4.78, 5) is 43.3. The summed E-state index contributed by atoms with van der Waals surface area (Å²) in [7, 11) is 0. The Morgan fingerprint density at radius 2 is 1.61 bits per heavy atom. The molecular weight excluding hydrogens is 392 g/mol. The molecule has 6 heteroatoms. The van der Waals surface area contributed by atoms with Gasteiger partial charge in [-0.3, -0.25) is 14.5 Å². The molecule has 31 heavy (non-hydrogen) atoms. The van der Waals surface area contributed by atoms with E-state index in [-0.39, 0.29) is 29.2 Å². The Bertz CT molecular complexity index is 1210. The van der Waals surface area contributed by atoms with Crippen molar-refractivity contribution in [2.45, 2.75) is 32.6 Å². The van der Waals surface area contributed by atoms with Crippen LogP contribution in [0.4, 0.5) is 5.69 Å². The van der Waals surface area contributed by atoms with Crippen molar-refractivity contribution in [1.82, 2.24) is 4.98 Å². The highest BCUT2D eigenvalue weighted by Gasteiger charge is 2.48. The second kappa shape index (κ2) is 7.30. The van der Waals surface area contributed by atoms with Crippen LogP contribution in [-0.4, -0.2) is 22.8 Å². The molecule has 2 aliphatic rings. The van der Waals surface area contributed by atoms with Crippen molar-refractivity contribution < 1.29 is 19.5 Å². The van der Waals surface area contributed by atoms with E-state index in [1.807, 2.05) is 13.0 Å². The van der Waals surface area contributed by atoms with Gasteiger partial charge in [-0.15, -0.1) is 0 Å². The van der Waals surface area contributed by atoms with Crippen molar-refractivity contribution in [3.63, 3.8) is 0 Å². The van der Waals surface area contributed by atoms with Gasteiger partial charge in [-0.2, -0.15) is 0 Å². The van der Waals surface area contributed by atoms with Crippen LogP contribution >= 0.6 is 0 Å². The van der Waals surface area contributed by atoms with E-state index >= 15 is 0 Å². The SMILES string of the molecule is Cc1ccc2nc(-c3ccc(N4C(=O)[C@H]5CCCC[C@@H]5C4=O)cc3)cc(C(=O)[O-])c2c1. The normalized spacial score (nSPS) is 20.9. The molecule has 0 radical (unpaired) electrons. The molecule has 1 saturated carbocycles. The Morgan fingerprint density at radius 3 is 2.23 bits per heavy atom. The van der Waals surface area contributed by atoms with E-state index in [9.17, 15) is 19.5 Å². The molecule has 6 nitrogen and oxygen atoms in total. The monoisotopic (exact) mass is 413 g/mol. The summed E-state index contributed by atoms with van der Waals surface area (Å²) in [6, 6.07) is 13.9. The minimum Gasteiger partial charge on any atom is -0.545 e. The molecular formula is C25H21N2O4-. The lowest BCUT2D eigenvalue weighted by atomic mass is 9.81. The second-order valence-corrected chi connectivity index (χ2v) is 8.42. The third-order valence-corrected chi connectivity index (χ3v) is 6.45. The molecule has 0 bridgehead atoms. The second-order valence-electron chi connectivity index (χ2n) is 8.42. The largest absolute Gasteiger partial charge is 0.545 e. The minimum absolute atomic E-state index is 0.0850. The van der Waals surface area contributed by atoms with E-state index in [1.165, 1.54) is 11.0 Å². The maximum Gasteiger partial charge on any atom is 0.237 e. The maximum absolute atomic E-state index is 12.8. The van der Waals surface area contributed by atoms with Gasteiger partial charge in [0.25, 0.3) is 0 Å². The van der Waals surface area contributed by atoms with Gasteiger partial charge in [-0.1, -0.05) is 36.6 Å². The van der Waals surface area contributed by atoms with E-state index in [2.05, 4.69) is 4.98 Å². The predicted molar refractivity (Wildman–Crippen MR) is 114 cm³/mol. The fraction of sp³-hybridized carbons (Fsp3) is 0.280. The van der Waals surface area contributed by atoms with Gasteiger partial charge in [0.15, 0.2) is 0 Å². The topological polar surface area (TPSA) is 90.4 Å². The molecule has 1 aliphatic heterocycles. The summed E-state index contributed by atoms with van der Waals surface area (Å²) in [5.41, 5.74) is 3.33. The fourth-order valence-electron chi connectivity index (χ4n) is 4.85. The van der Waals surface area contributed by atoms with Crippen LogP contribution in [-0.2, 0) is 9.59 Å². The van der Waals surface area contributed by atoms with Crippen molar-refractivity contribution >= 4 is 34.4 Å². The van der Waals surface area contributed by atoms with Crippen molar-refractivity contribution in [1.29, 1.82) is 0 Å². The lowest BCUT2D eigenvalue weighted by molar-refractivity contribution is -0.254. The highest BCUT2D eigenvalue weighted by atomic mass is 16.4. The van der Waals surface area contributed by atoms with E-state index in [1.54, 1.807) is 36.4 Å². The number of imide groups is 1. The van der Waals surface area contributed by atoms with Crippen molar-refractivity contribution in [3.8, 4) is 11.3 Å². The Kier molecular flexibility index (Phi) is 4.58. The number of pyridine rings is 1. The van der Waals surface area contributed by atoms with Gasteiger partial charge in [0, 0.05) is 16.5 Å². The van der Waals surface area contributed by atoms with E-state index < -0.39 is 5.97 Å². The van der Waals surface area contributed by atoms with Crippen LogP contribution in [0.15, 0.2) is 48.5 Å². The molecule has 0 spiro atoms. The first kappa shape index (κ1) is 19.4. The first-order valence-corrected chi connectivity index (χ1v) is 10.5. The van der Waals surface area contributed by atoms with Gasteiger partial charge < -0.3 is 9.90 Å². The van der Waals surface area contributed by atoms with Crippen LogP contribution in [0.25, 0.3) is 22.2 Å². The number of aromatic nitrogens is 1. The van der Waals surface area contributed by atoms with Gasteiger partial charge in [-0.25, -0.2) is 4.98 Å². The number of nitrogens with zero attached hydrogens (tertiary/aromatic N) is 2. The van der Waals surface area contributed by atoms with Crippen LogP contribution in [0.3, 0.4) is 0 Å². The summed E-state index contributed by atoms with van der Waals surface area (Å²) < 4.78 is 0. The molecule has 5 rings (SSSR count). The van der Waals surface area contributed by atoms with Crippen molar-refractivity contribution in [3.05, 3.63) is 59.7 Å². The average Bonchev–Trinajstić information content (AvgIpc) is 3.03. The Balaban J connectivity index is 1.51. The van der Waals surface area contributed by atoms with Crippen LogP contribution in [0, 0.1) is 18.8 Å². The zero-order valence-electron chi connectivity index (χ0n) is 17.1. The standard InChI is InChI=1S/C25H22N2O4/c1-14-6-11-21-19(12-14)20(25(30)31)13-22(26-21)15-7-9-16(10-8-15)27-23(28)17-4-2-3-5-18(17)24(27)29/h6-13,17-18H,2-5H2,1H3,(H,30,31)/p-1/t17-,18-/m0/s1. The van der Waals surface area contributed by atoms with Crippen LogP contribution in [0.2, 0.25) is 0 Å². The average molecular weight is 413 g/mol.